The zero-order valence-electron chi connectivity index (χ0n) is 10.8. The summed E-state index contributed by atoms with van der Waals surface area (Å²) in [6.45, 7) is 11.2. The Bertz CT molecular complexity index is 374. The van der Waals surface area contributed by atoms with Gasteiger partial charge in [0.2, 0.25) is 5.91 Å². The van der Waals surface area contributed by atoms with E-state index < -0.39 is 0 Å². The minimum atomic E-state index is -0.342. The van der Waals surface area contributed by atoms with E-state index in [0.717, 1.165) is 17.9 Å². The normalized spacial score (nSPS) is 11.6. The average Bonchev–Trinajstić information content (AvgIpc) is 2.54. The predicted molar refractivity (Wildman–Crippen MR) is 63.9 cm³/mol. The van der Waals surface area contributed by atoms with Crippen LogP contribution in [0.25, 0.3) is 0 Å². The fraction of sp³-hybridized carbons (Fsp3) is 0.667. The van der Waals surface area contributed by atoms with Crippen molar-refractivity contribution in [1.82, 2.24) is 14.9 Å². The zero-order chi connectivity index (χ0) is 12.3. The van der Waals surface area contributed by atoms with E-state index in [-0.39, 0.29) is 11.3 Å². The van der Waals surface area contributed by atoms with Gasteiger partial charge in [-0.25, -0.2) is 4.98 Å². The van der Waals surface area contributed by atoms with Crippen LogP contribution in [-0.4, -0.2) is 15.5 Å². The smallest absolute Gasteiger partial charge is 0.225 e. The zero-order valence-corrected chi connectivity index (χ0v) is 10.8. The number of nitrogens with zero attached hydrogens (tertiary/aromatic N) is 2. The average molecular weight is 223 g/mol. The molecule has 0 fully saturated rings. The van der Waals surface area contributed by atoms with Gasteiger partial charge in [-0.1, -0.05) is 20.8 Å². The first-order chi connectivity index (χ1) is 7.36. The van der Waals surface area contributed by atoms with E-state index in [4.69, 9.17) is 0 Å². The molecule has 0 aliphatic carbocycles. The molecule has 1 N–H and O–H groups in total. The standard InChI is InChI=1S/C12H21N3O/c1-6-15-8-14-9(2)10(15)7-13-11(16)12(3,4)5/h8H,6-7H2,1-5H3,(H,13,16). The van der Waals surface area contributed by atoms with Crippen LogP contribution in [0.5, 0.6) is 0 Å². The van der Waals surface area contributed by atoms with Crippen molar-refractivity contribution in [2.75, 3.05) is 0 Å². The van der Waals surface area contributed by atoms with Gasteiger partial charge in [-0.05, 0) is 13.8 Å². The van der Waals surface area contributed by atoms with Gasteiger partial charge in [0, 0.05) is 12.0 Å². The van der Waals surface area contributed by atoms with Crippen LogP contribution in [0.4, 0.5) is 0 Å². The summed E-state index contributed by atoms with van der Waals surface area (Å²) < 4.78 is 2.05. The van der Waals surface area contributed by atoms with Crippen molar-refractivity contribution in [2.24, 2.45) is 5.41 Å². The van der Waals surface area contributed by atoms with Crippen LogP contribution in [0.3, 0.4) is 0 Å². The van der Waals surface area contributed by atoms with Gasteiger partial charge in [-0.2, -0.15) is 0 Å². The van der Waals surface area contributed by atoms with Crippen LogP contribution < -0.4 is 5.32 Å². The summed E-state index contributed by atoms with van der Waals surface area (Å²) in [6, 6.07) is 0. The second-order valence-corrected chi connectivity index (χ2v) is 5.00. The lowest BCUT2D eigenvalue weighted by Gasteiger charge is -2.18. The Labute approximate surface area is 97.1 Å². The Hall–Kier alpha value is -1.32. The molecule has 1 aromatic heterocycles. The van der Waals surface area contributed by atoms with Crippen LogP contribution in [0.1, 0.15) is 39.1 Å². The summed E-state index contributed by atoms with van der Waals surface area (Å²) in [4.78, 5) is 16.0. The SMILES string of the molecule is CCn1cnc(C)c1CNC(=O)C(C)(C)C. The van der Waals surface area contributed by atoms with E-state index in [1.807, 2.05) is 34.0 Å². The van der Waals surface area contributed by atoms with Crippen LogP contribution in [0.2, 0.25) is 0 Å². The van der Waals surface area contributed by atoms with Gasteiger partial charge in [0.25, 0.3) is 0 Å². The summed E-state index contributed by atoms with van der Waals surface area (Å²) in [6.07, 6.45) is 1.81. The third-order valence-corrected chi connectivity index (χ3v) is 2.59. The third-order valence-electron chi connectivity index (χ3n) is 2.59. The molecule has 1 heterocycles. The molecule has 0 aliphatic heterocycles. The van der Waals surface area contributed by atoms with Crippen molar-refractivity contribution in [3.63, 3.8) is 0 Å². The van der Waals surface area contributed by atoms with E-state index >= 15 is 0 Å². The Kier molecular flexibility index (Phi) is 3.73. The summed E-state index contributed by atoms with van der Waals surface area (Å²) in [5.74, 6) is 0.0655. The third kappa shape index (κ3) is 2.84. The van der Waals surface area contributed by atoms with E-state index in [1.165, 1.54) is 0 Å². The molecule has 1 rings (SSSR count). The number of amides is 1. The number of hydrogen-bond donors (Lipinski definition) is 1. The molecule has 0 bridgehead atoms. The number of hydrogen-bond acceptors (Lipinski definition) is 2. The Morgan fingerprint density at radius 2 is 2.12 bits per heavy atom. The van der Waals surface area contributed by atoms with Crippen molar-refractivity contribution in [1.29, 1.82) is 0 Å². The lowest BCUT2D eigenvalue weighted by atomic mass is 9.96. The molecule has 0 atom stereocenters. The first-order valence-electron chi connectivity index (χ1n) is 5.65. The van der Waals surface area contributed by atoms with Gasteiger partial charge in [-0.3, -0.25) is 4.79 Å². The molecule has 0 radical (unpaired) electrons. The van der Waals surface area contributed by atoms with Gasteiger partial charge in [-0.15, -0.1) is 0 Å². The molecule has 0 spiro atoms. The fourth-order valence-electron chi connectivity index (χ4n) is 1.44. The largest absolute Gasteiger partial charge is 0.350 e. The molecular formula is C12H21N3O. The number of carbonyl (C=O) groups is 1. The minimum absolute atomic E-state index is 0.0655. The maximum Gasteiger partial charge on any atom is 0.225 e. The van der Waals surface area contributed by atoms with Gasteiger partial charge in [0.1, 0.15) is 0 Å². The predicted octanol–water partition coefficient (Wildman–Crippen LogP) is 1.87. The molecule has 0 aromatic carbocycles. The number of carbonyl (C=O) groups excluding carboxylic acids is 1. The summed E-state index contributed by atoms with van der Waals surface area (Å²) in [5, 5.41) is 2.94. The van der Waals surface area contributed by atoms with Gasteiger partial charge >= 0.3 is 0 Å². The number of imidazole rings is 1. The molecule has 1 amide bonds. The summed E-state index contributed by atoms with van der Waals surface area (Å²) >= 11 is 0. The maximum atomic E-state index is 11.7. The molecule has 0 unspecified atom stereocenters. The van der Waals surface area contributed by atoms with Gasteiger partial charge < -0.3 is 9.88 Å². The van der Waals surface area contributed by atoms with Crippen LogP contribution in [0, 0.1) is 12.3 Å². The molecule has 1 aromatic rings. The highest BCUT2D eigenvalue weighted by Crippen LogP contribution is 2.13. The first-order valence-corrected chi connectivity index (χ1v) is 5.65. The Morgan fingerprint density at radius 1 is 1.50 bits per heavy atom. The number of aromatic nitrogens is 2. The second-order valence-electron chi connectivity index (χ2n) is 5.00. The lowest BCUT2D eigenvalue weighted by Crippen LogP contribution is -2.34. The maximum absolute atomic E-state index is 11.7. The van der Waals surface area contributed by atoms with E-state index in [1.54, 1.807) is 0 Å². The monoisotopic (exact) mass is 223 g/mol. The molecule has 90 valence electrons. The topological polar surface area (TPSA) is 46.9 Å². The number of rotatable bonds is 3. The summed E-state index contributed by atoms with van der Waals surface area (Å²) in [5.41, 5.74) is 1.72. The van der Waals surface area contributed by atoms with Gasteiger partial charge in [0.15, 0.2) is 0 Å². The van der Waals surface area contributed by atoms with Crippen molar-refractivity contribution in [3.8, 4) is 0 Å². The van der Waals surface area contributed by atoms with Crippen LogP contribution in [0.15, 0.2) is 6.33 Å². The molecule has 0 aliphatic rings. The highest BCUT2D eigenvalue weighted by atomic mass is 16.2. The van der Waals surface area contributed by atoms with Crippen molar-refractivity contribution >= 4 is 5.91 Å². The van der Waals surface area contributed by atoms with Crippen molar-refractivity contribution in [3.05, 3.63) is 17.7 Å². The van der Waals surface area contributed by atoms with Crippen LogP contribution in [-0.2, 0) is 17.9 Å². The van der Waals surface area contributed by atoms with Crippen LogP contribution >= 0.6 is 0 Å². The van der Waals surface area contributed by atoms with E-state index in [9.17, 15) is 4.79 Å². The van der Waals surface area contributed by atoms with Gasteiger partial charge in [0.05, 0.1) is 24.3 Å². The minimum Gasteiger partial charge on any atom is -0.350 e. The molecule has 4 nitrogen and oxygen atoms in total. The van der Waals surface area contributed by atoms with Crippen molar-refractivity contribution < 1.29 is 4.79 Å². The highest BCUT2D eigenvalue weighted by molar-refractivity contribution is 5.81. The quantitative estimate of drug-likeness (QED) is 0.850. The number of aryl methyl sites for hydroxylation is 2. The Balaban J connectivity index is 2.68. The van der Waals surface area contributed by atoms with Crippen molar-refractivity contribution in [2.45, 2.75) is 47.7 Å². The van der Waals surface area contributed by atoms with E-state index in [2.05, 4.69) is 21.8 Å². The highest BCUT2D eigenvalue weighted by Gasteiger charge is 2.21. The first kappa shape index (κ1) is 12.7. The second kappa shape index (κ2) is 4.68. The number of nitrogens with one attached hydrogen (secondary N) is 1. The molecular weight excluding hydrogens is 202 g/mol. The molecule has 0 saturated heterocycles. The molecule has 16 heavy (non-hydrogen) atoms. The molecule has 4 heteroatoms. The lowest BCUT2D eigenvalue weighted by molar-refractivity contribution is -0.128. The van der Waals surface area contributed by atoms with E-state index in [0.29, 0.717) is 6.54 Å². The molecule has 0 saturated carbocycles. The Morgan fingerprint density at radius 3 is 2.62 bits per heavy atom. The fourth-order valence-corrected chi connectivity index (χ4v) is 1.44. The summed E-state index contributed by atoms with van der Waals surface area (Å²) in [7, 11) is 0.